The van der Waals surface area contributed by atoms with Crippen molar-refractivity contribution in [1.29, 1.82) is 0 Å². The molecule has 1 rings (SSSR count). The van der Waals surface area contributed by atoms with Crippen molar-refractivity contribution in [1.82, 2.24) is 15.5 Å². The molecule has 6 heteroatoms. The zero-order valence-electron chi connectivity index (χ0n) is 12.7. The summed E-state index contributed by atoms with van der Waals surface area (Å²) in [6.45, 7) is 7.70. The lowest BCUT2D eigenvalue weighted by molar-refractivity contribution is -0.145. The number of nitrogens with zero attached hydrogens (tertiary/aromatic N) is 1. The summed E-state index contributed by atoms with van der Waals surface area (Å²) in [6.07, 6.45) is 0.765. The number of nitrogens with one attached hydrogen (secondary N) is 2. The molecule has 0 saturated carbocycles. The molecular formula is C14H23N3O3. The Morgan fingerprint density at radius 1 is 1.35 bits per heavy atom. The third-order valence-electron chi connectivity index (χ3n) is 3.15. The number of methoxy groups -OCH3 is 1. The highest BCUT2D eigenvalue weighted by molar-refractivity contribution is 5.85. The minimum atomic E-state index is -0.597. The van der Waals surface area contributed by atoms with Gasteiger partial charge in [-0.2, -0.15) is 5.10 Å². The zero-order valence-corrected chi connectivity index (χ0v) is 12.7. The van der Waals surface area contributed by atoms with Gasteiger partial charge in [0, 0.05) is 11.3 Å². The molecule has 0 aliphatic heterocycles. The maximum Gasteiger partial charge on any atom is 0.328 e. The van der Waals surface area contributed by atoms with E-state index in [2.05, 4.69) is 15.5 Å². The van der Waals surface area contributed by atoms with E-state index in [1.165, 1.54) is 7.11 Å². The Morgan fingerprint density at radius 2 is 2.00 bits per heavy atom. The molecular weight excluding hydrogens is 258 g/mol. The second kappa shape index (κ2) is 7.07. The standard InChI is InChI=1S/C14H23N3O3/c1-8(2)6-12(14(19)20-5)15-13(18)7-11-9(3)16-17-10(11)4/h8,12H,6-7H2,1-5H3,(H,15,18)(H,16,17). The molecule has 1 atom stereocenters. The van der Waals surface area contributed by atoms with Crippen molar-refractivity contribution < 1.29 is 14.3 Å². The lowest BCUT2D eigenvalue weighted by Crippen LogP contribution is -2.43. The number of aromatic amines is 1. The first-order chi connectivity index (χ1) is 9.35. The maximum atomic E-state index is 12.1. The van der Waals surface area contributed by atoms with Gasteiger partial charge < -0.3 is 10.1 Å². The number of aromatic nitrogens is 2. The van der Waals surface area contributed by atoms with E-state index in [9.17, 15) is 9.59 Å². The Kier molecular flexibility index (Phi) is 5.73. The zero-order chi connectivity index (χ0) is 15.3. The molecule has 1 unspecified atom stereocenters. The van der Waals surface area contributed by atoms with Gasteiger partial charge in [-0.3, -0.25) is 9.89 Å². The van der Waals surface area contributed by atoms with Crippen LogP contribution in [0.2, 0.25) is 0 Å². The summed E-state index contributed by atoms with van der Waals surface area (Å²) in [4.78, 5) is 23.7. The number of hydrogen-bond donors (Lipinski definition) is 2. The predicted molar refractivity (Wildman–Crippen MR) is 75.2 cm³/mol. The summed E-state index contributed by atoms with van der Waals surface area (Å²) in [5.74, 6) is -0.321. The summed E-state index contributed by atoms with van der Waals surface area (Å²) in [5.41, 5.74) is 2.54. The van der Waals surface area contributed by atoms with Crippen LogP contribution in [0.5, 0.6) is 0 Å². The van der Waals surface area contributed by atoms with Gasteiger partial charge in [-0.1, -0.05) is 13.8 Å². The fourth-order valence-electron chi connectivity index (χ4n) is 2.07. The molecule has 0 fully saturated rings. The van der Waals surface area contributed by atoms with Crippen molar-refractivity contribution in [2.24, 2.45) is 5.92 Å². The smallest absolute Gasteiger partial charge is 0.328 e. The fourth-order valence-corrected chi connectivity index (χ4v) is 2.07. The minimum Gasteiger partial charge on any atom is -0.467 e. The lowest BCUT2D eigenvalue weighted by Gasteiger charge is -2.18. The van der Waals surface area contributed by atoms with E-state index in [4.69, 9.17) is 4.74 Å². The Morgan fingerprint density at radius 3 is 2.45 bits per heavy atom. The summed E-state index contributed by atoms with van der Waals surface area (Å²) < 4.78 is 4.72. The summed E-state index contributed by atoms with van der Waals surface area (Å²) in [7, 11) is 1.33. The first-order valence-electron chi connectivity index (χ1n) is 6.72. The molecule has 6 nitrogen and oxygen atoms in total. The first kappa shape index (κ1) is 16.2. The van der Waals surface area contributed by atoms with Gasteiger partial charge in [0.05, 0.1) is 19.2 Å². The summed E-state index contributed by atoms with van der Waals surface area (Å²) in [6, 6.07) is -0.597. The highest BCUT2D eigenvalue weighted by Crippen LogP contribution is 2.11. The molecule has 2 N–H and O–H groups in total. The number of H-pyrrole nitrogens is 1. The van der Waals surface area contributed by atoms with Crippen LogP contribution in [0.15, 0.2) is 0 Å². The molecule has 0 saturated heterocycles. The van der Waals surface area contributed by atoms with Crippen LogP contribution in [0.1, 0.15) is 37.2 Å². The van der Waals surface area contributed by atoms with E-state index >= 15 is 0 Å². The largest absolute Gasteiger partial charge is 0.467 e. The van der Waals surface area contributed by atoms with Crippen molar-refractivity contribution in [3.05, 3.63) is 17.0 Å². The Hall–Kier alpha value is -1.85. The molecule has 0 aliphatic rings. The van der Waals surface area contributed by atoms with E-state index in [0.717, 1.165) is 17.0 Å². The van der Waals surface area contributed by atoms with E-state index in [0.29, 0.717) is 6.42 Å². The molecule has 1 aromatic rings. The van der Waals surface area contributed by atoms with Crippen molar-refractivity contribution in [3.63, 3.8) is 0 Å². The first-order valence-corrected chi connectivity index (χ1v) is 6.72. The van der Waals surface area contributed by atoms with Crippen molar-refractivity contribution in [2.75, 3.05) is 7.11 Å². The van der Waals surface area contributed by atoms with Gasteiger partial charge in [0.25, 0.3) is 0 Å². The van der Waals surface area contributed by atoms with Crippen LogP contribution < -0.4 is 5.32 Å². The number of hydrogen-bond acceptors (Lipinski definition) is 4. The molecule has 0 aliphatic carbocycles. The van der Waals surface area contributed by atoms with Crippen LogP contribution in [-0.4, -0.2) is 35.2 Å². The van der Waals surface area contributed by atoms with Crippen LogP contribution in [0.3, 0.4) is 0 Å². The third kappa shape index (κ3) is 4.36. The van der Waals surface area contributed by atoms with Crippen LogP contribution in [0.25, 0.3) is 0 Å². The number of rotatable bonds is 6. The Bertz CT molecular complexity index is 461. The van der Waals surface area contributed by atoms with Gasteiger partial charge in [-0.15, -0.1) is 0 Å². The molecule has 112 valence electrons. The van der Waals surface area contributed by atoms with Gasteiger partial charge in [0.15, 0.2) is 0 Å². The minimum absolute atomic E-state index is 0.200. The number of esters is 1. The van der Waals surface area contributed by atoms with E-state index < -0.39 is 12.0 Å². The van der Waals surface area contributed by atoms with Crippen LogP contribution in [0.4, 0.5) is 0 Å². The average molecular weight is 281 g/mol. The number of aryl methyl sites for hydroxylation is 2. The van der Waals surface area contributed by atoms with Crippen molar-refractivity contribution in [3.8, 4) is 0 Å². The van der Waals surface area contributed by atoms with Gasteiger partial charge in [-0.05, 0) is 26.2 Å². The molecule has 1 heterocycles. The molecule has 1 aromatic heterocycles. The van der Waals surface area contributed by atoms with Crippen molar-refractivity contribution >= 4 is 11.9 Å². The number of carbonyl (C=O) groups is 2. The third-order valence-corrected chi connectivity index (χ3v) is 3.15. The fraction of sp³-hybridized carbons (Fsp3) is 0.643. The highest BCUT2D eigenvalue weighted by Gasteiger charge is 2.23. The number of carbonyl (C=O) groups excluding carboxylic acids is 2. The summed E-state index contributed by atoms with van der Waals surface area (Å²) >= 11 is 0. The molecule has 1 amide bonds. The van der Waals surface area contributed by atoms with Crippen LogP contribution >= 0.6 is 0 Å². The predicted octanol–water partition coefficient (Wildman–Crippen LogP) is 1.27. The molecule has 0 bridgehead atoms. The molecule has 20 heavy (non-hydrogen) atoms. The normalized spacial score (nSPS) is 12.3. The van der Waals surface area contributed by atoms with Gasteiger partial charge in [0.2, 0.25) is 5.91 Å². The molecule has 0 aromatic carbocycles. The van der Waals surface area contributed by atoms with E-state index in [1.54, 1.807) is 0 Å². The average Bonchev–Trinajstić information content (AvgIpc) is 2.68. The SMILES string of the molecule is COC(=O)C(CC(C)C)NC(=O)Cc1c(C)n[nH]c1C. The van der Waals surface area contributed by atoms with E-state index in [-0.39, 0.29) is 18.2 Å². The number of ether oxygens (including phenoxy) is 1. The maximum absolute atomic E-state index is 12.1. The molecule has 0 radical (unpaired) electrons. The molecule has 0 spiro atoms. The van der Waals surface area contributed by atoms with Gasteiger partial charge in [0.1, 0.15) is 6.04 Å². The Balaban J connectivity index is 2.69. The Labute approximate surface area is 119 Å². The van der Waals surface area contributed by atoms with Gasteiger partial charge in [-0.25, -0.2) is 4.79 Å². The topological polar surface area (TPSA) is 84.1 Å². The van der Waals surface area contributed by atoms with Crippen molar-refractivity contribution in [2.45, 2.75) is 46.6 Å². The second-order valence-corrected chi connectivity index (χ2v) is 5.36. The van der Waals surface area contributed by atoms with Crippen LogP contribution in [-0.2, 0) is 20.7 Å². The summed E-state index contributed by atoms with van der Waals surface area (Å²) in [5, 5.41) is 9.63. The number of amides is 1. The van der Waals surface area contributed by atoms with E-state index in [1.807, 2.05) is 27.7 Å². The monoisotopic (exact) mass is 281 g/mol. The quantitative estimate of drug-likeness (QED) is 0.769. The lowest BCUT2D eigenvalue weighted by atomic mass is 10.0. The second-order valence-electron chi connectivity index (χ2n) is 5.36. The highest BCUT2D eigenvalue weighted by atomic mass is 16.5. The van der Waals surface area contributed by atoms with Crippen LogP contribution in [0, 0.1) is 19.8 Å². The van der Waals surface area contributed by atoms with Gasteiger partial charge >= 0.3 is 5.97 Å².